The lowest BCUT2D eigenvalue weighted by molar-refractivity contribution is -0.117. The van der Waals surface area contributed by atoms with E-state index in [1.807, 2.05) is 24.3 Å². The molecular formula is C23H16ClN3O5S2. The van der Waals surface area contributed by atoms with Gasteiger partial charge < -0.3 is 13.9 Å². The Morgan fingerprint density at radius 2 is 2.00 bits per heavy atom. The van der Waals surface area contributed by atoms with E-state index in [2.05, 4.69) is 10.2 Å². The number of halogens is 1. The molecule has 172 valence electrons. The van der Waals surface area contributed by atoms with E-state index in [-0.39, 0.29) is 16.5 Å². The van der Waals surface area contributed by atoms with Crippen LogP contribution in [0.25, 0.3) is 0 Å². The van der Waals surface area contributed by atoms with E-state index in [4.69, 9.17) is 20.4 Å². The highest BCUT2D eigenvalue weighted by Gasteiger charge is 2.48. The standard InChI is InChI=1S/C23H16ClN3O5S2/c1-12-4-9-16(32-12)19(28)17-18(15-3-2-10-31-15)27(21(30)20(17)29)22-25-26-23(34-22)33-11-13-5-7-14(24)8-6-13/h2-10,18,29H,11H2,1H3. The smallest absolute Gasteiger partial charge is 0.296 e. The van der Waals surface area contributed by atoms with Crippen molar-refractivity contribution in [2.24, 2.45) is 0 Å². The zero-order valence-corrected chi connectivity index (χ0v) is 20.0. The number of furan rings is 2. The Labute approximate surface area is 206 Å². The Morgan fingerprint density at radius 3 is 2.68 bits per heavy atom. The molecule has 0 spiro atoms. The van der Waals surface area contributed by atoms with Gasteiger partial charge in [0.2, 0.25) is 10.9 Å². The molecule has 1 unspecified atom stereocenters. The molecule has 4 heterocycles. The van der Waals surface area contributed by atoms with Gasteiger partial charge in [-0.3, -0.25) is 14.5 Å². The van der Waals surface area contributed by atoms with Gasteiger partial charge in [0, 0.05) is 10.8 Å². The summed E-state index contributed by atoms with van der Waals surface area (Å²) < 4.78 is 11.6. The second-order valence-electron chi connectivity index (χ2n) is 7.36. The van der Waals surface area contributed by atoms with Crippen molar-refractivity contribution >= 4 is 51.5 Å². The summed E-state index contributed by atoms with van der Waals surface area (Å²) in [5.74, 6) is -0.567. The van der Waals surface area contributed by atoms with Gasteiger partial charge in [0.05, 0.1) is 11.8 Å². The fourth-order valence-corrected chi connectivity index (χ4v) is 5.47. The third-order valence-corrected chi connectivity index (χ3v) is 7.49. The van der Waals surface area contributed by atoms with Crippen molar-refractivity contribution in [2.75, 3.05) is 4.90 Å². The maximum Gasteiger partial charge on any atom is 0.296 e. The molecule has 1 aromatic carbocycles. The van der Waals surface area contributed by atoms with E-state index in [1.54, 1.807) is 25.1 Å². The van der Waals surface area contributed by atoms with Crippen molar-refractivity contribution < 1.29 is 23.5 Å². The second kappa shape index (κ2) is 9.13. The summed E-state index contributed by atoms with van der Waals surface area (Å²) in [5.41, 5.74) is 0.915. The quantitative estimate of drug-likeness (QED) is 0.189. The van der Waals surface area contributed by atoms with Crippen LogP contribution in [0.5, 0.6) is 0 Å². The molecule has 1 aliphatic heterocycles. The number of aromatic nitrogens is 2. The van der Waals surface area contributed by atoms with Gasteiger partial charge in [-0.2, -0.15) is 0 Å². The molecule has 0 saturated heterocycles. The zero-order chi connectivity index (χ0) is 23.8. The number of aliphatic hydroxyl groups is 1. The van der Waals surface area contributed by atoms with Gasteiger partial charge in [-0.15, -0.1) is 10.2 Å². The van der Waals surface area contributed by atoms with E-state index < -0.39 is 23.5 Å². The summed E-state index contributed by atoms with van der Waals surface area (Å²) in [6, 6.07) is 12.9. The van der Waals surface area contributed by atoms with Crippen LogP contribution in [0.4, 0.5) is 5.13 Å². The molecule has 34 heavy (non-hydrogen) atoms. The van der Waals surface area contributed by atoms with E-state index in [0.29, 0.717) is 26.6 Å². The minimum Gasteiger partial charge on any atom is -0.503 e. The summed E-state index contributed by atoms with van der Waals surface area (Å²) in [4.78, 5) is 27.5. The number of Topliss-reactive ketones (excluding diaryl/α,β-unsaturated/α-hetero) is 1. The first kappa shape index (κ1) is 22.5. The Bertz CT molecular complexity index is 1390. The number of anilines is 1. The number of ketones is 1. The van der Waals surface area contributed by atoms with E-state index in [1.165, 1.54) is 40.3 Å². The highest BCUT2D eigenvalue weighted by Crippen LogP contribution is 2.44. The molecule has 5 rings (SSSR count). The number of thioether (sulfide) groups is 1. The Morgan fingerprint density at radius 1 is 1.21 bits per heavy atom. The SMILES string of the molecule is Cc1ccc(C(=O)C2=C(O)C(=O)N(c3nnc(SCc4ccc(Cl)cc4)s3)C2c2ccco2)o1. The van der Waals surface area contributed by atoms with E-state index in [9.17, 15) is 14.7 Å². The van der Waals surface area contributed by atoms with Crippen molar-refractivity contribution in [1.82, 2.24) is 10.2 Å². The maximum absolute atomic E-state index is 13.2. The third-order valence-electron chi connectivity index (χ3n) is 5.11. The predicted octanol–water partition coefficient (Wildman–Crippen LogP) is 5.76. The first-order chi connectivity index (χ1) is 16.4. The minimum atomic E-state index is -1.01. The fourth-order valence-electron chi connectivity index (χ4n) is 3.52. The molecular weight excluding hydrogens is 498 g/mol. The van der Waals surface area contributed by atoms with Crippen LogP contribution in [-0.2, 0) is 10.5 Å². The highest BCUT2D eigenvalue weighted by molar-refractivity contribution is 8.00. The van der Waals surface area contributed by atoms with Crippen molar-refractivity contribution in [2.45, 2.75) is 23.1 Å². The first-order valence-electron chi connectivity index (χ1n) is 10.0. The monoisotopic (exact) mass is 513 g/mol. The largest absolute Gasteiger partial charge is 0.503 e. The number of nitrogens with zero attached hydrogens (tertiary/aromatic N) is 3. The van der Waals surface area contributed by atoms with Crippen LogP contribution >= 0.6 is 34.7 Å². The lowest BCUT2D eigenvalue weighted by Crippen LogP contribution is -2.30. The van der Waals surface area contributed by atoms with Crippen LogP contribution in [-0.4, -0.2) is 27.0 Å². The van der Waals surface area contributed by atoms with Crippen LogP contribution in [0.3, 0.4) is 0 Å². The molecule has 4 aromatic rings. The van der Waals surface area contributed by atoms with Crippen molar-refractivity contribution in [1.29, 1.82) is 0 Å². The van der Waals surface area contributed by atoms with Crippen LogP contribution in [0.15, 0.2) is 79.3 Å². The molecule has 0 aliphatic carbocycles. The summed E-state index contributed by atoms with van der Waals surface area (Å²) in [5, 5.41) is 19.9. The lowest BCUT2D eigenvalue weighted by Gasteiger charge is -2.21. The molecule has 11 heteroatoms. The van der Waals surface area contributed by atoms with Crippen molar-refractivity contribution in [3.05, 3.63) is 94.0 Å². The maximum atomic E-state index is 13.2. The molecule has 0 bridgehead atoms. The Kier molecular flexibility index (Phi) is 6.03. The van der Waals surface area contributed by atoms with Gasteiger partial charge in [0.25, 0.3) is 5.91 Å². The molecule has 1 aliphatic rings. The lowest BCUT2D eigenvalue weighted by atomic mass is 10.00. The molecule has 1 N–H and O–H groups in total. The Hall–Kier alpha value is -3.34. The van der Waals surface area contributed by atoms with Gasteiger partial charge in [-0.05, 0) is 48.9 Å². The number of rotatable bonds is 7. The average molecular weight is 514 g/mol. The number of carbonyl (C=O) groups excluding carboxylic acids is 2. The minimum absolute atomic E-state index is 0.0155. The fraction of sp³-hybridized carbons (Fsp3) is 0.130. The highest BCUT2D eigenvalue weighted by atomic mass is 35.5. The number of aliphatic hydroxyl groups excluding tert-OH is 1. The van der Waals surface area contributed by atoms with Crippen LogP contribution in [0.2, 0.25) is 5.02 Å². The van der Waals surface area contributed by atoms with Crippen molar-refractivity contribution in [3.8, 4) is 0 Å². The number of hydrogen-bond donors (Lipinski definition) is 1. The number of amides is 1. The molecule has 0 saturated carbocycles. The number of aryl methyl sites for hydroxylation is 1. The van der Waals surface area contributed by atoms with Gasteiger partial charge in [-0.1, -0.05) is 46.8 Å². The van der Waals surface area contributed by atoms with Crippen LogP contribution in [0, 0.1) is 6.92 Å². The van der Waals surface area contributed by atoms with Crippen molar-refractivity contribution in [3.63, 3.8) is 0 Å². The Balaban J connectivity index is 1.45. The van der Waals surface area contributed by atoms with Gasteiger partial charge in [-0.25, -0.2) is 0 Å². The van der Waals surface area contributed by atoms with Crippen LogP contribution < -0.4 is 4.90 Å². The predicted molar refractivity (Wildman–Crippen MR) is 127 cm³/mol. The molecule has 8 nitrogen and oxygen atoms in total. The van der Waals surface area contributed by atoms with E-state index in [0.717, 1.165) is 5.56 Å². The summed E-state index contributed by atoms with van der Waals surface area (Å²) in [7, 11) is 0. The first-order valence-corrected chi connectivity index (χ1v) is 12.2. The van der Waals surface area contributed by atoms with E-state index >= 15 is 0 Å². The van der Waals surface area contributed by atoms with Gasteiger partial charge in [0.15, 0.2) is 15.9 Å². The topological polar surface area (TPSA) is 110 Å². The van der Waals surface area contributed by atoms with Crippen LogP contribution in [0.1, 0.15) is 33.7 Å². The normalized spacial score (nSPS) is 16.0. The molecule has 3 aromatic heterocycles. The van der Waals surface area contributed by atoms with Gasteiger partial charge in [0.1, 0.15) is 17.6 Å². The summed E-state index contributed by atoms with van der Waals surface area (Å²) in [6.45, 7) is 1.70. The molecule has 1 amide bonds. The molecule has 1 atom stereocenters. The third kappa shape index (κ3) is 4.15. The number of hydrogen-bond acceptors (Lipinski definition) is 9. The van der Waals surface area contributed by atoms with Gasteiger partial charge >= 0.3 is 0 Å². The summed E-state index contributed by atoms with van der Waals surface area (Å²) >= 11 is 8.56. The number of benzene rings is 1. The summed E-state index contributed by atoms with van der Waals surface area (Å²) in [6.07, 6.45) is 1.43. The average Bonchev–Trinajstić information content (AvgIpc) is 3.62. The molecule has 0 fully saturated rings. The molecule has 0 radical (unpaired) electrons. The second-order valence-corrected chi connectivity index (χ2v) is 9.98. The number of carbonyl (C=O) groups is 2. The zero-order valence-electron chi connectivity index (χ0n) is 17.6.